The van der Waals surface area contributed by atoms with Gasteiger partial charge in [-0.15, -0.1) is 0 Å². The van der Waals surface area contributed by atoms with E-state index in [2.05, 4.69) is 5.32 Å². The predicted octanol–water partition coefficient (Wildman–Crippen LogP) is 1.63. The van der Waals surface area contributed by atoms with Gasteiger partial charge in [-0.1, -0.05) is 30.3 Å². The van der Waals surface area contributed by atoms with Gasteiger partial charge < -0.3 is 19.9 Å². The normalized spacial score (nSPS) is 18.2. The molecule has 1 heterocycles. The Bertz CT molecular complexity index is 513. The van der Waals surface area contributed by atoms with Gasteiger partial charge in [0.05, 0.1) is 25.2 Å². The van der Waals surface area contributed by atoms with E-state index in [1.807, 2.05) is 30.3 Å². The lowest BCUT2D eigenvalue weighted by Crippen LogP contribution is -2.34. The minimum Gasteiger partial charge on any atom is -0.481 e. The van der Waals surface area contributed by atoms with Crippen molar-refractivity contribution in [3.63, 3.8) is 0 Å². The zero-order chi connectivity index (χ0) is 17.2. The summed E-state index contributed by atoms with van der Waals surface area (Å²) >= 11 is 0. The number of amides is 1. The van der Waals surface area contributed by atoms with Crippen LogP contribution in [-0.4, -0.2) is 49.5 Å². The van der Waals surface area contributed by atoms with Crippen LogP contribution in [0, 0.1) is 5.92 Å². The molecule has 1 aromatic rings. The molecule has 6 heteroatoms. The van der Waals surface area contributed by atoms with Crippen LogP contribution in [0.3, 0.4) is 0 Å². The van der Waals surface area contributed by atoms with Crippen LogP contribution < -0.4 is 5.32 Å². The van der Waals surface area contributed by atoms with Crippen LogP contribution in [0.25, 0.3) is 0 Å². The fourth-order valence-electron chi connectivity index (χ4n) is 2.63. The molecular weight excluding hydrogens is 310 g/mol. The molecule has 1 aromatic carbocycles. The number of aliphatic carboxylic acids is 1. The topological polar surface area (TPSA) is 84.9 Å². The first-order chi connectivity index (χ1) is 11.6. The molecule has 2 N–H and O–H groups in total. The Balaban J connectivity index is 1.63. The molecule has 0 saturated carbocycles. The Hall–Kier alpha value is -1.92. The third-order valence-electron chi connectivity index (χ3n) is 4.02. The largest absolute Gasteiger partial charge is 0.481 e. The third kappa shape index (κ3) is 6.68. The molecule has 132 valence electrons. The van der Waals surface area contributed by atoms with Crippen LogP contribution in [0.15, 0.2) is 30.3 Å². The lowest BCUT2D eigenvalue weighted by Gasteiger charge is -2.14. The van der Waals surface area contributed by atoms with E-state index in [0.29, 0.717) is 19.6 Å². The molecule has 0 aromatic heterocycles. The van der Waals surface area contributed by atoms with Crippen LogP contribution in [0.5, 0.6) is 0 Å². The molecule has 2 atom stereocenters. The van der Waals surface area contributed by atoms with Gasteiger partial charge in [-0.25, -0.2) is 0 Å². The second-order valence-corrected chi connectivity index (χ2v) is 5.99. The molecule has 0 aliphatic carbocycles. The monoisotopic (exact) mass is 335 g/mol. The minimum atomic E-state index is -0.909. The smallest absolute Gasteiger partial charge is 0.308 e. The average Bonchev–Trinajstić information content (AvgIpc) is 3.09. The highest BCUT2D eigenvalue weighted by Gasteiger charge is 2.19. The number of hydrogen-bond acceptors (Lipinski definition) is 4. The van der Waals surface area contributed by atoms with Crippen molar-refractivity contribution in [2.45, 2.75) is 31.8 Å². The summed E-state index contributed by atoms with van der Waals surface area (Å²) in [5, 5.41) is 12.0. The summed E-state index contributed by atoms with van der Waals surface area (Å²) in [6, 6.07) is 9.40. The van der Waals surface area contributed by atoms with Gasteiger partial charge in [0, 0.05) is 19.6 Å². The highest BCUT2D eigenvalue weighted by atomic mass is 16.5. The standard InChI is InChI=1S/C18H25NO5/c20-17(8-10-23-13-16-7-4-9-24-16)19-12-15(18(21)22)11-14-5-2-1-3-6-14/h1-3,5-6,15-16H,4,7-13H2,(H,19,20)(H,21,22). The molecule has 1 aliphatic heterocycles. The summed E-state index contributed by atoms with van der Waals surface area (Å²) in [4.78, 5) is 23.1. The fraction of sp³-hybridized carbons (Fsp3) is 0.556. The number of hydrogen-bond donors (Lipinski definition) is 2. The summed E-state index contributed by atoms with van der Waals surface area (Å²) in [5.41, 5.74) is 0.944. The van der Waals surface area contributed by atoms with Crippen molar-refractivity contribution in [2.75, 3.05) is 26.4 Å². The quantitative estimate of drug-likeness (QED) is 0.635. The Morgan fingerprint density at radius 3 is 2.79 bits per heavy atom. The van der Waals surface area contributed by atoms with Crippen molar-refractivity contribution in [1.29, 1.82) is 0 Å². The van der Waals surface area contributed by atoms with Gasteiger partial charge >= 0.3 is 5.97 Å². The van der Waals surface area contributed by atoms with Crippen molar-refractivity contribution >= 4 is 11.9 Å². The van der Waals surface area contributed by atoms with Crippen LogP contribution >= 0.6 is 0 Å². The lowest BCUT2D eigenvalue weighted by atomic mass is 9.99. The first-order valence-corrected chi connectivity index (χ1v) is 8.38. The van der Waals surface area contributed by atoms with Crippen LogP contribution in [0.1, 0.15) is 24.8 Å². The highest BCUT2D eigenvalue weighted by Crippen LogP contribution is 2.12. The molecule has 2 unspecified atom stereocenters. The van der Waals surface area contributed by atoms with E-state index in [1.54, 1.807) is 0 Å². The highest BCUT2D eigenvalue weighted by molar-refractivity contribution is 5.77. The summed E-state index contributed by atoms with van der Waals surface area (Å²) < 4.78 is 10.9. The first kappa shape index (κ1) is 18.4. The van der Waals surface area contributed by atoms with Gasteiger partial charge in [0.2, 0.25) is 5.91 Å². The SMILES string of the molecule is O=C(CCOCC1CCCO1)NCC(Cc1ccccc1)C(=O)O. The van der Waals surface area contributed by atoms with Gasteiger partial charge in [-0.3, -0.25) is 9.59 Å². The molecule has 2 rings (SSSR count). The first-order valence-electron chi connectivity index (χ1n) is 8.38. The average molecular weight is 335 g/mol. The van der Waals surface area contributed by atoms with Crippen molar-refractivity contribution in [2.24, 2.45) is 5.92 Å². The number of carboxylic acid groups (broad SMARTS) is 1. The lowest BCUT2D eigenvalue weighted by molar-refractivity contribution is -0.141. The van der Waals surface area contributed by atoms with Crippen molar-refractivity contribution < 1.29 is 24.2 Å². The van der Waals surface area contributed by atoms with Crippen molar-refractivity contribution in [3.8, 4) is 0 Å². The van der Waals surface area contributed by atoms with E-state index in [0.717, 1.165) is 25.0 Å². The number of benzene rings is 1. The Kier molecular flexibility index (Phi) is 7.71. The van der Waals surface area contributed by atoms with Crippen LogP contribution in [0.2, 0.25) is 0 Å². The van der Waals surface area contributed by atoms with E-state index in [1.165, 1.54) is 0 Å². The second-order valence-electron chi connectivity index (χ2n) is 5.99. The predicted molar refractivity (Wildman–Crippen MR) is 88.7 cm³/mol. The molecule has 0 bridgehead atoms. The maximum atomic E-state index is 11.8. The van der Waals surface area contributed by atoms with E-state index in [-0.39, 0.29) is 25.0 Å². The Morgan fingerprint density at radius 1 is 1.33 bits per heavy atom. The number of carboxylic acids is 1. The van der Waals surface area contributed by atoms with Gasteiger partial charge in [0.1, 0.15) is 0 Å². The third-order valence-corrected chi connectivity index (χ3v) is 4.02. The van der Waals surface area contributed by atoms with E-state index in [9.17, 15) is 14.7 Å². The molecule has 0 spiro atoms. The molecule has 1 saturated heterocycles. The summed E-state index contributed by atoms with van der Waals surface area (Å²) in [5.74, 6) is -1.74. The van der Waals surface area contributed by atoms with Gasteiger partial charge in [-0.05, 0) is 24.8 Å². The van der Waals surface area contributed by atoms with Crippen molar-refractivity contribution in [1.82, 2.24) is 5.32 Å². The maximum Gasteiger partial charge on any atom is 0.308 e. The van der Waals surface area contributed by atoms with Gasteiger partial charge in [0.25, 0.3) is 0 Å². The molecule has 0 radical (unpaired) electrons. The summed E-state index contributed by atoms with van der Waals surface area (Å²) in [7, 11) is 0. The zero-order valence-electron chi connectivity index (χ0n) is 13.8. The molecule has 24 heavy (non-hydrogen) atoms. The van der Waals surface area contributed by atoms with Crippen LogP contribution in [0.4, 0.5) is 0 Å². The number of ether oxygens (including phenoxy) is 2. The van der Waals surface area contributed by atoms with Crippen LogP contribution in [-0.2, 0) is 25.5 Å². The maximum absolute atomic E-state index is 11.8. The Morgan fingerprint density at radius 2 is 2.12 bits per heavy atom. The van der Waals surface area contributed by atoms with E-state index >= 15 is 0 Å². The summed E-state index contributed by atoms with van der Waals surface area (Å²) in [6.45, 7) is 1.74. The molecule has 6 nitrogen and oxygen atoms in total. The van der Waals surface area contributed by atoms with E-state index in [4.69, 9.17) is 9.47 Å². The van der Waals surface area contributed by atoms with Gasteiger partial charge in [0.15, 0.2) is 0 Å². The molecule has 1 amide bonds. The zero-order valence-corrected chi connectivity index (χ0v) is 13.8. The van der Waals surface area contributed by atoms with Crippen molar-refractivity contribution in [3.05, 3.63) is 35.9 Å². The van der Waals surface area contributed by atoms with Gasteiger partial charge in [-0.2, -0.15) is 0 Å². The summed E-state index contributed by atoms with van der Waals surface area (Å²) in [6.07, 6.45) is 2.84. The fourth-order valence-corrected chi connectivity index (χ4v) is 2.63. The second kappa shape index (κ2) is 10.1. The number of carbonyl (C=O) groups excluding carboxylic acids is 1. The molecular formula is C18H25NO5. The molecule has 1 fully saturated rings. The minimum absolute atomic E-state index is 0.120. The molecule has 1 aliphatic rings. The number of rotatable bonds is 10. The Labute approximate surface area is 142 Å². The van der Waals surface area contributed by atoms with E-state index < -0.39 is 11.9 Å². The number of carbonyl (C=O) groups is 2. The number of nitrogens with one attached hydrogen (secondary N) is 1.